The number of nitrogens with one attached hydrogen (secondary N) is 1. The number of methoxy groups -OCH3 is 1. The number of nitrogens with zero attached hydrogens (tertiary/aromatic N) is 2. The molecule has 0 aliphatic carbocycles. The van der Waals surface area contributed by atoms with E-state index in [2.05, 4.69) is 15.0 Å². The second-order valence-corrected chi connectivity index (χ2v) is 5.60. The van der Waals surface area contributed by atoms with Gasteiger partial charge in [0.25, 0.3) is 0 Å². The monoisotopic (exact) mass is 285 g/mol. The van der Waals surface area contributed by atoms with Crippen molar-refractivity contribution < 1.29 is 14.3 Å². The summed E-state index contributed by atoms with van der Waals surface area (Å²) >= 11 is 0. The van der Waals surface area contributed by atoms with Crippen molar-refractivity contribution in [3.8, 4) is 0 Å². The van der Waals surface area contributed by atoms with Crippen molar-refractivity contribution >= 4 is 11.9 Å². The Balaban J connectivity index is 2.77. The standard InChI is InChI=1S/C14H27N3O3/c1-5-8-16(11-12(18)20-4)13(19)14(2,3)17-9-6-15-7-10-17/h15H,5-11H2,1-4H3. The molecule has 0 radical (unpaired) electrons. The Bertz CT molecular complexity index is 339. The first-order chi connectivity index (χ1) is 9.43. The van der Waals surface area contributed by atoms with Gasteiger partial charge in [0, 0.05) is 32.7 Å². The molecule has 0 atom stereocenters. The highest BCUT2D eigenvalue weighted by atomic mass is 16.5. The summed E-state index contributed by atoms with van der Waals surface area (Å²) in [5.74, 6) is -0.380. The Morgan fingerprint density at radius 3 is 2.40 bits per heavy atom. The Hall–Kier alpha value is -1.14. The van der Waals surface area contributed by atoms with Gasteiger partial charge in [-0.05, 0) is 20.3 Å². The van der Waals surface area contributed by atoms with E-state index in [4.69, 9.17) is 0 Å². The molecule has 0 unspecified atom stereocenters. The summed E-state index contributed by atoms with van der Waals surface area (Å²) in [6.45, 7) is 9.93. The lowest BCUT2D eigenvalue weighted by atomic mass is 9.99. The number of piperazine rings is 1. The number of ether oxygens (including phenoxy) is 1. The highest BCUT2D eigenvalue weighted by Gasteiger charge is 2.38. The molecule has 0 saturated carbocycles. The number of carbonyl (C=O) groups is 2. The van der Waals surface area contributed by atoms with E-state index >= 15 is 0 Å². The number of hydrogen-bond acceptors (Lipinski definition) is 5. The molecule has 0 aromatic heterocycles. The Kier molecular flexibility index (Phi) is 6.42. The summed E-state index contributed by atoms with van der Waals surface area (Å²) in [6.07, 6.45) is 0.820. The van der Waals surface area contributed by atoms with Gasteiger partial charge in [-0.3, -0.25) is 14.5 Å². The Labute approximate surface area is 121 Å². The minimum absolute atomic E-state index is 0.00773. The second-order valence-electron chi connectivity index (χ2n) is 5.60. The molecule has 1 N–H and O–H groups in total. The minimum atomic E-state index is -0.592. The zero-order valence-corrected chi connectivity index (χ0v) is 13.1. The molecule has 6 nitrogen and oxygen atoms in total. The first kappa shape index (κ1) is 16.9. The van der Waals surface area contributed by atoms with E-state index in [9.17, 15) is 9.59 Å². The minimum Gasteiger partial charge on any atom is -0.468 e. The van der Waals surface area contributed by atoms with Gasteiger partial charge in [0.05, 0.1) is 12.6 Å². The van der Waals surface area contributed by atoms with Crippen LogP contribution >= 0.6 is 0 Å². The van der Waals surface area contributed by atoms with Crippen molar-refractivity contribution in [2.45, 2.75) is 32.7 Å². The molecule has 20 heavy (non-hydrogen) atoms. The van der Waals surface area contributed by atoms with E-state index in [0.717, 1.165) is 32.6 Å². The van der Waals surface area contributed by atoms with Gasteiger partial charge in [-0.15, -0.1) is 0 Å². The predicted molar refractivity (Wildman–Crippen MR) is 77.4 cm³/mol. The first-order valence-corrected chi connectivity index (χ1v) is 7.25. The topological polar surface area (TPSA) is 61.9 Å². The highest BCUT2D eigenvalue weighted by Crippen LogP contribution is 2.18. The maximum absolute atomic E-state index is 12.8. The van der Waals surface area contributed by atoms with Crippen LogP contribution in [0, 0.1) is 0 Å². The van der Waals surface area contributed by atoms with E-state index < -0.39 is 5.54 Å². The largest absolute Gasteiger partial charge is 0.468 e. The van der Waals surface area contributed by atoms with Crippen molar-refractivity contribution in [3.05, 3.63) is 0 Å². The van der Waals surface area contributed by atoms with Crippen LogP contribution in [0.1, 0.15) is 27.2 Å². The Morgan fingerprint density at radius 2 is 1.90 bits per heavy atom. The number of esters is 1. The van der Waals surface area contributed by atoms with Crippen molar-refractivity contribution in [2.24, 2.45) is 0 Å². The summed E-state index contributed by atoms with van der Waals surface area (Å²) in [5.41, 5.74) is -0.592. The molecule has 1 heterocycles. The molecule has 0 aromatic rings. The summed E-state index contributed by atoms with van der Waals surface area (Å²) in [5, 5.41) is 3.28. The normalized spacial score (nSPS) is 16.8. The molecule has 1 amide bonds. The maximum Gasteiger partial charge on any atom is 0.325 e. The van der Waals surface area contributed by atoms with Crippen molar-refractivity contribution in [1.82, 2.24) is 15.1 Å². The number of carbonyl (C=O) groups excluding carboxylic acids is 2. The van der Waals surface area contributed by atoms with Gasteiger partial charge in [0.15, 0.2) is 0 Å². The molecule has 1 saturated heterocycles. The van der Waals surface area contributed by atoms with E-state index in [1.54, 1.807) is 4.90 Å². The molecular weight excluding hydrogens is 258 g/mol. The third kappa shape index (κ3) is 4.18. The van der Waals surface area contributed by atoms with Gasteiger partial charge in [0.2, 0.25) is 5.91 Å². The zero-order valence-electron chi connectivity index (χ0n) is 13.1. The van der Waals surface area contributed by atoms with Crippen LogP contribution in [0.25, 0.3) is 0 Å². The zero-order chi connectivity index (χ0) is 15.2. The molecule has 1 aliphatic rings. The van der Waals surface area contributed by atoms with Gasteiger partial charge in [-0.2, -0.15) is 0 Å². The summed E-state index contributed by atoms with van der Waals surface area (Å²) in [6, 6.07) is 0. The number of hydrogen-bond donors (Lipinski definition) is 1. The van der Waals surface area contributed by atoms with Crippen LogP contribution in [-0.4, -0.2) is 73.6 Å². The summed E-state index contributed by atoms with van der Waals surface area (Å²) < 4.78 is 4.68. The van der Waals surface area contributed by atoms with E-state index in [0.29, 0.717) is 6.54 Å². The Morgan fingerprint density at radius 1 is 1.30 bits per heavy atom. The van der Waals surface area contributed by atoms with Crippen molar-refractivity contribution in [1.29, 1.82) is 0 Å². The van der Waals surface area contributed by atoms with Gasteiger partial charge < -0.3 is 15.0 Å². The lowest BCUT2D eigenvalue weighted by molar-refractivity contribution is -0.152. The number of amides is 1. The first-order valence-electron chi connectivity index (χ1n) is 7.25. The predicted octanol–water partition coefficient (Wildman–Crippen LogP) is 0.0818. The summed E-state index contributed by atoms with van der Waals surface area (Å²) in [4.78, 5) is 28.0. The molecule has 1 rings (SSSR count). The van der Waals surface area contributed by atoms with E-state index in [1.807, 2.05) is 20.8 Å². The van der Waals surface area contributed by atoms with Crippen molar-refractivity contribution in [2.75, 3.05) is 46.4 Å². The molecule has 1 fully saturated rings. The van der Waals surface area contributed by atoms with E-state index in [1.165, 1.54) is 7.11 Å². The molecule has 0 spiro atoms. The SMILES string of the molecule is CCCN(CC(=O)OC)C(=O)C(C)(C)N1CCNCC1. The molecular formula is C14H27N3O3. The average molecular weight is 285 g/mol. The third-order valence-corrected chi connectivity index (χ3v) is 3.76. The maximum atomic E-state index is 12.8. The third-order valence-electron chi connectivity index (χ3n) is 3.76. The van der Waals surface area contributed by atoms with Crippen LogP contribution in [0.3, 0.4) is 0 Å². The van der Waals surface area contributed by atoms with Crippen LogP contribution in [0.15, 0.2) is 0 Å². The highest BCUT2D eigenvalue weighted by molar-refractivity contribution is 5.88. The molecule has 116 valence electrons. The second kappa shape index (κ2) is 7.59. The van der Waals surface area contributed by atoms with Crippen LogP contribution in [0.2, 0.25) is 0 Å². The van der Waals surface area contributed by atoms with E-state index in [-0.39, 0.29) is 18.4 Å². The average Bonchev–Trinajstić information content (AvgIpc) is 2.46. The van der Waals surface area contributed by atoms with Gasteiger partial charge in [0.1, 0.15) is 6.54 Å². The fourth-order valence-corrected chi connectivity index (χ4v) is 2.49. The van der Waals surface area contributed by atoms with Crippen molar-refractivity contribution in [3.63, 3.8) is 0 Å². The van der Waals surface area contributed by atoms with Gasteiger partial charge in [-0.1, -0.05) is 6.92 Å². The quantitative estimate of drug-likeness (QED) is 0.700. The summed E-state index contributed by atoms with van der Waals surface area (Å²) in [7, 11) is 1.35. The van der Waals surface area contributed by atoms with Gasteiger partial charge >= 0.3 is 5.97 Å². The molecule has 0 bridgehead atoms. The number of rotatable bonds is 6. The van der Waals surface area contributed by atoms with Gasteiger partial charge in [-0.25, -0.2) is 0 Å². The molecule has 0 aromatic carbocycles. The fraction of sp³-hybridized carbons (Fsp3) is 0.857. The fourth-order valence-electron chi connectivity index (χ4n) is 2.49. The molecule has 1 aliphatic heterocycles. The smallest absolute Gasteiger partial charge is 0.325 e. The van der Waals surface area contributed by atoms with Crippen LogP contribution in [0.5, 0.6) is 0 Å². The van der Waals surface area contributed by atoms with Crippen LogP contribution < -0.4 is 5.32 Å². The lowest BCUT2D eigenvalue weighted by Crippen LogP contribution is -2.61. The van der Waals surface area contributed by atoms with Crippen LogP contribution in [0.4, 0.5) is 0 Å². The molecule has 6 heteroatoms. The van der Waals surface area contributed by atoms with Crippen LogP contribution in [-0.2, 0) is 14.3 Å². The lowest BCUT2D eigenvalue weighted by Gasteiger charge is -2.42.